The van der Waals surface area contributed by atoms with Crippen LogP contribution >= 0.6 is 0 Å². The molecule has 3 heterocycles. The number of hydrogen-bond acceptors (Lipinski definition) is 8. The molecule has 2 aromatic heterocycles. The quantitative estimate of drug-likeness (QED) is 0.209. The van der Waals surface area contributed by atoms with Gasteiger partial charge in [-0.25, -0.2) is 19.0 Å². The van der Waals surface area contributed by atoms with E-state index in [4.69, 9.17) is 15.6 Å². The molecule has 0 bridgehead atoms. The lowest BCUT2D eigenvalue weighted by Crippen LogP contribution is -2.42. The summed E-state index contributed by atoms with van der Waals surface area (Å²) < 4.78 is 23.0. The second kappa shape index (κ2) is 11.5. The van der Waals surface area contributed by atoms with Crippen LogP contribution in [-0.2, 0) is 11.3 Å². The zero-order chi connectivity index (χ0) is 30.1. The number of likely N-dealkylation sites (tertiary alicyclic amines) is 1. The fourth-order valence-electron chi connectivity index (χ4n) is 5.67. The number of anilines is 1. The number of benzene rings is 2. The third kappa shape index (κ3) is 6.05. The molecule has 3 N–H and O–H groups in total. The number of halogens is 1. The van der Waals surface area contributed by atoms with E-state index in [1.165, 1.54) is 12.4 Å². The summed E-state index contributed by atoms with van der Waals surface area (Å²) in [5.74, 6) is 0.274. The van der Waals surface area contributed by atoms with Crippen LogP contribution in [0.3, 0.4) is 0 Å². The first kappa shape index (κ1) is 28.3. The van der Waals surface area contributed by atoms with Gasteiger partial charge in [-0.05, 0) is 69.9 Å². The van der Waals surface area contributed by atoms with E-state index in [-0.39, 0.29) is 28.9 Å². The van der Waals surface area contributed by atoms with E-state index >= 15 is 4.39 Å². The number of nitrogens with zero attached hydrogens (tertiary/aromatic N) is 6. The normalized spacial score (nSPS) is 17.3. The molecule has 1 atom stereocenters. The Hall–Kier alpha value is -4.82. The number of amides is 1. The van der Waals surface area contributed by atoms with Crippen molar-refractivity contribution in [2.75, 3.05) is 12.3 Å². The fraction of sp³-hybridized carbons (Fsp3) is 0.344. The molecule has 1 aliphatic carbocycles. The van der Waals surface area contributed by atoms with Crippen molar-refractivity contribution in [3.63, 3.8) is 0 Å². The minimum absolute atomic E-state index is 0.113. The number of hydrogen-bond donors (Lipinski definition) is 2. The molecule has 4 aromatic rings. The monoisotopic (exact) mass is 580 g/mol. The topological polar surface area (TPSA) is 135 Å². The van der Waals surface area contributed by atoms with Gasteiger partial charge in [0, 0.05) is 29.8 Å². The highest BCUT2D eigenvalue weighted by Crippen LogP contribution is 2.35. The molecule has 0 unspecified atom stereocenters. The van der Waals surface area contributed by atoms with Gasteiger partial charge < -0.3 is 20.7 Å². The Kier molecular flexibility index (Phi) is 7.54. The average molecular weight is 581 g/mol. The summed E-state index contributed by atoms with van der Waals surface area (Å²) >= 11 is 0. The van der Waals surface area contributed by atoms with E-state index in [2.05, 4.69) is 21.4 Å². The zero-order valence-electron chi connectivity index (χ0n) is 24.1. The van der Waals surface area contributed by atoms with E-state index in [1.807, 2.05) is 32.0 Å². The number of ether oxygens (including phenoxy) is 1. The van der Waals surface area contributed by atoms with Crippen LogP contribution in [0.4, 0.5) is 10.2 Å². The van der Waals surface area contributed by atoms with Gasteiger partial charge in [0.2, 0.25) is 0 Å². The minimum atomic E-state index is -0.535. The van der Waals surface area contributed by atoms with Crippen molar-refractivity contribution in [2.45, 2.75) is 63.7 Å². The van der Waals surface area contributed by atoms with E-state index in [0.29, 0.717) is 47.4 Å². The Balaban J connectivity index is 1.28. The summed E-state index contributed by atoms with van der Waals surface area (Å²) in [7, 11) is 0. The first-order chi connectivity index (χ1) is 20.7. The summed E-state index contributed by atoms with van der Waals surface area (Å²) in [5, 5.41) is 18.5. The van der Waals surface area contributed by atoms with Gasteiger partial charge in [0.25, 0.3) is 5.91 Å². The van der Waals surface area contributed by atoms with Gasteiger partial charge in [0.15, 0.2) is 5.65 Å². The Bertz CT molecular complexity index is 1740. The first-order valence-electron chi connectivity index (χ1n) is 14.4. The Morgan fingerprint density at radius 2 is 1.98 bits per heavy atom. The third-order valence-corrected chi connectivity index (χ3v) is 7.76. The molecule has 220 valence electrons. The van der Waals surface area contributed by atoms with Crippen LogP contribution in [0.2, 0.25) is 0 Å². The highest BCUT2D eigenvalue weighted by Gasteiger charge is 2.34. The number of aromatic nitrogens is 4. The lowest BCUT2D eigenvalue weighted by Gasteiger charge is -2.27. The molecule has 1 aliphatic heterocycles. The molecule has 2 aromatic carbocycles. The largest absolute Gasteiger partial charge is 0.457 e. The van der Waals surface area contributed by atoms with Crippen molar-refractivity contribution in [1.82, 2.24) is 30.0 Å². The maximum absolute atomic E-state index is 15.5. The van der Waals surface area contributed by atoms with Crippen molar-refractivity contribution in [2.24, 2.45) is 0 Å². The molecule has 1 saturated carbocycles. The lowest BCUT2D eigenvalue weighted by molar-refractivity contribution is -0.127. The SMILES string of the molecule is CC(C)(/C=C(\C#N)C(=O)N1CCC[C@@H]1Cn1nc(-c2ccc(Oc3ccccc3)cc2F)c2c(N)ncnc21)NC1CC1. The van der Waals surface area contributed by atoms with E-state index in [0.717, 1.165) is 25.7 Å². The molecule has 1 amide bonds. The van der Waals surface area contributed by atoms with E-state index in [9.17, 15) is 10.1 Å². The van der Waals surface area contributed by atoms with Crippen molar-refractivity contribution in [1.29, 1.82) is 5.26 Å². The standard InChI is InChI=1S/C32H33FN8O2/c1-32(2,38-21-10-11-21)16-20(17-34)31(42)40-14-6-7-22(40)18-41-30-27(29(35)36-19-37-30)28(39-41)25-13-12-24(15-26(25)33)43-23-8-4-3-5-9-23/h3-5,8-9,12-13,15-16,19,21-22,38H,6-7,10-11,14,18H2,1-2H3,(H2,35,36,37)/b20-16+/t22-/m1/s1. The number of carbonyl (C=O) groups excluding carboxylic acids is 1. The Morgan fingerprint density at radius 1 is 1.19 bits per heavy atom. The predicted octanol–water partition coefficient (Wildman–Crippen LogP) is 4.98. The third-order valence-electron chi connectivity index (χ3n) is 7.76. The van der Waals surface area contributed by atoms with Crippen molar-refractivity contribution >= 4 is 22.8 Å². The molecule has 0 radical (unpaired) electrons. The summed E-state index contributed by atoms with van der Waals surface area (Å²) in [6.07, 6.45) is 6.79. The second-order valence-electron chi connectivity index (χ2n) is 11.6. The first-order valence-corrected chi connectivity index (χ1v) is 14.4. The second-order valence-corrected chi connectivity index (χ2v) is 11.6. The fourth-order valence-corrected chi connectivity index (χ4v) is 5.67. The molecule has 11 heteroatoms. The van der Waals surface area contributed by atoms with Crippen LogP contribution in [-0.4, -0.2) is 54.7 Å². The molecule has 2 fully saturated rings. The van der Waals surface area contributed by atoms with Gasteiger partial charge in [0.05, 0.1) is 18.0 Å². The maximum atomic E-state index is 15.5. The van der Waals surface area contributed by atoms with Crippen LogP contribution in [0.15, 0.2) is 66.5 Å². The van der Waals surface area contributed by atoms with Crippen LogP contribution in [0, 0.1) is 17.1 Å². The van der Waals surface area contributed by atoms with Crippen LogP contribution in [0.5, 0.6) is 11.5 Å². The van der Waals surface area contributed by atoms with Crippen LogP contribution in [0.1, 0.15) is 39.5 Å². The predicted molar refractivity (Wildman–Crippen MR) is 160 cm³/mol. The molecule has 0 spiro atoms. The summed E-state index contributed by atoms with van der Waals surface area (Å²) in [4.78, 5) is 23.9. The lowest BCUT2D eigenvalue weighted by atomic mass is 10.0. The van der Waals surface area contributed by atoms with Crippen molar-refractivity contribution in [3.05, 3.63) is 72.3 Å². The summed E-state index contributed by atoms with van der Waals surface area (Å²) in [6, 6.07) is 16.0. The Morgan fingerprint density at radius 3 is 2.70 bits per heavy atom. The highest BCUT2D eigenvalue weighted by molar-refractivity contribution is 5.99. The number of para-hydroxylation sites is 1. The number of nitriles is 1. The molecule has 43 heavy (non-hydrogen) atoms. The van der Waals surface area contributed by atoms with Gasteiger partial charge in [-0.2, -0.15) is 10.4 Å². The van der Waals surface area contributed by atoms with Crippen molar-refractivity contribution < 1.29 is 13.9 Å². The van der Waals surface area contributed by atoms with Gasteiger partial charge in [-0.15, -0.1) is 0 Å². The Labute approximate surface area is 249 Å². The van der Waals surface area contributed by atoms with Crippen molar-refractivity contribution in [3.8, 4) is 28.8 Å². The molecule has 1 saturated heterocycles. The zero-order valence-corrected chi connectivity index (χ0v) is 24.1. The molecular formula is C32H33FN8O2. The van der Waals surface area contributed by atoms with Gasteiger partial charge in [0.1, 0.15) is 46.8 Å². The van der Waals surface area contributed by atoms with E-state index < -0.39 is 11.4 Å². The van der Waals surface area contributed by atoms with Gasteiger partial charge in [-0.1, -0.05) is 18.2 Å². The number of nitrogens with two attached hydrogens (primary N) is 1. The van der Waals surface area contributed by atoms with Crippen LogP contribution < -0.4 is 15.8 Å². The summed E-state index contributed by atoms with van der Waals surface area (Å²) in [6.45, 7) is 4.77. The molecule has 2 aliphatic rings. The number of nitrogens with one attached hydrogen (secondary N) is 1. The number of rotatable bonds is 9. The molecule has 10 nitrogen and oxygen atoms in total. The number of nitrogen functional groups attached to an aromatic ring is 1. The molecular weight excluding hydrogens is 547 g/mol. The number of fused-ring (bicyclic) bond motifs is 1. The summed E-state index contributed by atoms with van der Waals surface area (Å²) in [5.41, 5.74) is 6.87. The average Bonchev–Trinajstić information content (AvgIpc) is 3.52. The smallest absolute Gasteiger partial charge is 0.264 e. The van der Waals surface area contributed by atoms with Crippen LogP contribution in [0.25, 0.3) is 22.3 Å². The highest BCUT2D eigenvalue weighted by atomic mass is 19.1. The maximum Gasteiger partial charge on any atom is 0.264 e. The van der Waals surface area contributed by atoms with E-state index in [1.54, 1.807) is 39.9 Å². The van der Waals surface area contributed by atoms with Gasteiger partial charge in [-0.3, -0.25) is 4.79 Å². The number of carbonyl (C=O) groups is 1. The minimum Gasteiger partial charge on any atom is -0.457 e. The molecule has 6 rings (SSSR count). The van der Waals surface area contributed by atoms with Gasteiger partial charge >= 0.3 is 0 Å².